The van der Waals surface area contributed by atoms with Gasteiger partial charge in [-0.05, 0) is 43.7 Å². The van der Waals surface area contributed by atoms with Gasteiger partial charge in [0, 0.05) is 29.1 Å². The van der Waals surface area contributed by atoms with Crippen molar-refractivity contribution >= 4 is 22.8 Å². The molecule has 2 atom stereocenters. The molecular formula is C18H20N2O3. The lowest BCUT2D eigenvalue weighted by Crippen LogP contribution is -2.44. The summed E-state index contributed by atoms with van der Waals surface area (Å²) >= 11 is 0. The Bertz CT molecular complexity index is 780. The fourth-order valence-corrected chi connectivity index (χ4v) is 4.10. The van der Waals surface area contributed by atoms with Crippen LogP contribution in [0.1, 0.15) is 30.5 Å². The number of carbonyl (C=O) groups is 2. The van der Waals surface area contributed by atoms with E-state index >= 15 is 0 Å². The zero-order valence-corrected chi connectivity index (χ0v) is 12.9. The normalized spacial score (nSPS) is 23.9. The van der Waals surface area contributed by atoms with E-state index in [0.29, 0.717) is 19.4 Å². The molecule has 0 saturated carbocycles. The first kappa shape index (κ1) is 14.3. The van der Waals surface area contributed by atoms with E-state index in [0.717, 1.165) is 24.8 Å². The summed E-state index contributed by atoms with van der Waals surface area (Å²) in [5.41, 5.74) is 3.58. The predicted octanol–water partition coefficient (Wildman–Crippen LogP) is 2.35. The Kier molecular flexibility index (Phi) is 3.36. The number of H-pyrrole nitrogens is 1. The van der Waals surface area contributed by atoms with Crippen molar-refractivity contribution in [1.82, 2.24) is 9.88 Å². The van der Waals surface area contributed by atoms with E-state index in [1.54, 1.807) is 4.90 Å². The van der Waals surface area contributed by atoms with Gasteiger partial charge in [-0.3, -0.25) is 4.79 Å². The van der Waals surface area contributed by atoms with Crippen LogP contribution < -0.4 is 0 Å². The van der Waals surface area contributed by atoms with Crippen LogP contribution in [0.25, 0.3) is 10.9 Å². The number of fused-ring (bicyclic) bond motifs is 3. The quantitative estimate of drug-likeness (QED) is 0.894. The highest BCUT2D eigenvalue weighted by molar-refractivity contribution is 5.89. The fourth-order valence-electron chi connectivity index (χ4n) is 4.10. The number of likely N-dealkylation sites (tertiary alicyclic amines) is 1. The number of carboxylic acids is 1. The molecule has 23 heavy (non-hydrogen) atoms. The van der Waals surface area contributed by atoms with Crippen LogP contribution in [0.4, 0.5) is 0 Å². The molecule has 2 aliphatic rings. The lowest BCUT2D eigenvalue weighted by atomic mass is 9.85. The second-order valence-electron chi connectivity index (χ2n) is 6.60. The van der Waals surface area contributed by atoms with Crippen LogP contribution >= 0.6 is 0 Å². The molecule has 2 aromatic rings. The summed E-state index contributed by atoms with van der Waals surface area (Å²) in [6.07, 6.45) is 3.72. The predicted molar refractivity (Wildman–Crippen MR) is 86.2 cm³/mol. The SMILES string of the molecule is O=C(O)C1CCCN1C(=O)C1CCc2[nH]c3ccccc3c2C1. The number of carboxylic acid groups (broad SMARTS) is 1. The zero-order valence-electron chi connectivity index (χ0n) is 12.9. The number of nitrogens with zero attached hydrogens (tertiary/aromatic N) is 1. The molecule has 4 rings (SSSR count). The number of nitrogens with one attached hydrogen (secondary N) is 1. The number of aromatic nitrogens is 1. The second-order valence-corrected chi connectivity index (χ2v) is 6.60. The van der Waals surface area contributed by atoms with Crippen LogP contribution in [0.3, 0.4) is 0 Å². The minimum Gasteiger partial charge on any atom is -0.480 e. The molecular weight excluding hydrogens is 292 g/mol. The van der Waals surface area contributed by atoms with Gasteiger partial charge in [-0.15, -0.1) is 0 Å². The number of hydrogen-bond donors (Lipinski definition) is 2. The zero-order chi connectivity index (χ0) is 16.0. The monoisotopic (exact) mass is 312 g/mol. The third-order valence-corrected chi connectivity index (χ3v) is 5.27. The van der Waals surface area contributed by atoms with Gasteiger partial charge in [-0.1, -0.05) is 18.2 Å². The molecule has 2 unspecified atom stereocenters. The summed E-state index contributed by atoms with van der Waals surface area (Å²) in [7, 11) is 0. The number of rotatable bonds is 2. The van der Waals surface area contributed by atoms with E-state index in [2.05, 4.69) is 17.1 Å². The number of amides is 1. The van der Waals surface area contributed by atoms with Crippen LogP contribution in [0.15, 0.2) is 24.3 Å². The molecule has 5 nitrogen and oxygen atoms in total. The Balaban J connectivity index is 1.60. The van der Waals surface area contributed by atoms with Gasteiger partial charge in [-0.2, -0.15) is 0 Å². The molecule has 1 fully saturated rings. The highest BCUT2D eigenvalue weighted by atomic mass is 16.4. The second kappa shape index (κ2) is 5.41. The van der Waals surface area contributed by atoms with Crippen molar-refractivity contribution in [3.05, 3.63) is 35.5 Å². The van der Waals surface area contributed by atoms with Crippen LogP contribution in [0, 0.1) is 5.92 Å². The van der Waals surface area contributed by atoms with Crippen molar-refractivity contribution in [2.24, 2.45) is 5.92 Å². The third-order valence-electron chi connectivity index (χ3n) is 5.27. The Morgan fingerprint density at radius 2 is 2.04 bits per heavy atom. The van der Waals surface area contributed by atoms with Gasteiger partial charge in [0.05, 0.1) is 0 Å². The van der Waals surface area contributed by atoms with Gasteiger partial charge < -0.3 is 15.0 Å². The lowest BCUT2D eigenvalue weighted by Gasteiger charge is -2.29. The fraction of sp³-hybridized carbons (Fsp3) is 0.444. The van der Waals surface area contributed by atoms with Crippen LogP contribution in [0.5, 0.6) is 0 Å². The molecule has 1 aromatic heterocycles. The van der Waals surface area contributed by atoms with E-state index in [9.17, 15) is 14.7 Å². The summed E-state index contributed by atoms with van der Waals surface area (Å²) in [6.45, 7) is 0.576. The maximum absolute atomic E-state index is 12.8. The largest absolute Gasteiger partial charge is 0.480 e. The van der Waals surface area contributed by atoms with Gasteiger partial charge in [0.25, 0.3) is 0 Å². The highest BCUT2D eigenvalue weighted by Crippen LogP contribution is 2.33. The third kappa shape index (κ3) is 2.31. The van der Waals surface area contributed by atoms with Gasteiger partial charge in [0.1, 0.15) is 6.04 Å². The number of carbonyl (C=O) groups excluding carboxylic acids is 1. The lowest BCUT2D eigenvalue weighted by molar-refractivity contribution is -0.150. The van der Waals surface area contributed by atoms with E-state index < -0.39 is 12.0 Å². The molecule has 2 heterocycles. The van der Waals surface area contributed by atoms with Gasteiger partial charge in [0.15, 0.2) is 0 Å². The number of aryl methyl sites for hydroxylation is 1. The minimum atomic E-state index is -0.876. The van der Waals surface area contributed by atoms with Crippen molar-refractivity contribution < 1.29 is 14.7 Å². The van der Waals surface area contributed by atoms with Gasteiger partial charge in [0.2, 0.25) is 5.91 Å². The average molecular weight is 312 g/mol. The smallest absolute Gasteiger partial charge is 0.326 e. The summed E-state index contributed by atoms with van der Waals surface area (Å²) in [5.74, 6) is -0.952. The topological polar surface area (TPSA) is 73.4 Å². The van der Waals surface area contributed by atoms with Gasteiger partial charge in [-0.25, -0.2) is 4.79 Å². The number of aliphatic carboxylic acids is 1. The maximum Gasteiger partial charge on any atom is 0.326 e. The molecule has 1 saturated heterocycles. The first-order valence-corrected chi connectivity index (χ1v) is 8.27. The number of aromatic amines is 1. The molecule has 0 radical (unpaired) electrons. The minimum absolute atomic E-state index is 0.0193. The highest BCUT2D eigenvalue weighted by Gasteiger charge is 2.38. The maximum atomic E-state index is 12.8. The molecule has 0 spiro atoms. The molecule has 1 aliphatic carbocycles. The molecule has 1 aliphatic heterocycles. The Labute approximate surface area is 134 Å². The van der Waals surface area contributed by atoms with E-state index in [4.69, 9.17) is 0 Å². The number of hydrogen-bond acceptors (Lipinski definition) is 2. The molecule has 2 N–H and O–H groups in total. The number of para-hydroxylation sites is 1. The van der Waals surface area contributed by atoms with Crippen LogP contribution in [0.2, 0.25) is 0 Å². The Morgan fingerprint density at radius 3 is 2.87 bits per heavy atom. The number of benzene rings is 1. The van der Waals surface area contributed by atoms with Crippen LogP contribution in [-0.2, 0) is 22.4 Å². The first-order chi connectivity index (χ1) is 11.1. The van der Waals surface area contributed by atoms with E-state index in [1.807, 2.05) is 12.1 Å². The molecule has 0 bridgehead atoms. The van der Waals surface area contributed by atoms with Crippen molar-refractivity contribution in [3.8, 4) is 0 Å². The van der Waals surface area contributed by atoms with Crippen LogP contribution in [-0.4, -0.2) is 39.5 Å². The standard InChI is InChI=1S/C18H20N2O3/c21-17(20-9-3-6-16(20)18(22)23)11-7-8-15-13(10-11)12-4-1-2-5-14(12)19-15/h1-2,4-5,11,16,19H,3,6-10H2,(H,22,23). The molecule has 1 amide bonds. The van der Waals surface area contributed by atoms with Crippen molar-refractivity contribution in [1.29, 1.82) is 0 Å². The Hall–Kier alpha value is -2.30. The first-order valence-electron chi connectivity index (χ1n) is 8.27. The van der Waals surface area contributed by atoms with Crippen molar-refractivity contribution in [3.63, 3.8) is 0 Å². The summed E-state index contributed by atoms with van der Waals surface area (Å²) in [5, 5.41) is 10.5. The van der Waals surface area contributed by atoms with Crippen molar-refractivity contribution in [2.45, 2.75) is 38.1 Å². The van der Waals surface area contributed by atoms with Gasteiger partial charge >= 0.3 is 5.97 Å². The van der Waals surface area contributed by atoms with Crippen molar-refractivity contribution in [2.75, 3.05) is 6.54 Å². The van der Waals surface area contributed by atoms with E-state index in [1.165, 1.54) is 16.6 Å². The molecule has 1 aromatic carbocycles. The summed E-state index contributed by atoms with van der Waals surface area (Å²) in [6, 6.07) is 7.54. The van der Waals surface area contributed by atoms with E-state index in [-0.39, 0.29) is 11.8 Å². The average Bonchev–Trinajstić information content (AvgIpc) is 3.18. The molecule has 5 heteroatoms. The summed E-state index contributed by atoms with van der Waals surface area (Å²) < 4.78 is 0. The molecule has 120 valence electrons. The Morgan fingerprint density at radius 1 is 1.22 bits per heavy atom. The summed E-state index contributed by atoms with van der Waals surface area (Å²) in [4.78, 5) is 29.2.